The predicted octanol–water partition coefficient (Wildman–Crippen LogP) is 1.61. The topological polar surface area (TPSA) is 59.1 Å². The van der Waals surface area contributed by atoms with E-state index in [0.29, 0.717) is 32.1 Å². The lowest BCUT2D eigenvalue weighted by Gasteiger charge is -2.33. The summed E-state index contributed by atoms with van der Waals surface area (Å²) < 4.78 is 11.7. The van der Waals surface area contributed by atoms with Crippen LogP contribution in [0.15, 0.2) is 18.2 Å². The maximum Gasteiger partial charge on any atom is 0.223 e. The number of morpholine rings is 1. The van der Waals surface area contributed by atoms with Crippen molar-refractivity contribution in [1.29, 1.82) is 0 Å². The SMILES string of the molecule is CC(=O)N1CCO[C@H](COc2cccc3c2N(C(C)=O)CCC3)C1. The van der Waals surface area contributed by atoms with E-state index in [4.69, 9.17) is 9.47 Å². The van der Waals surface area contributed by atoms with E-state index in [-0.39, 0.29) is 17.9 Å². The van der Waals surface area contributed by atoms with E-state index in [1.54, 1.807) is 23.6 Å². The Hall–Kier alpha value is -2.08. The van der Waals surface area contributed by atoms with Crippen LogP contribution in [-0.4, -0.2) is 55.7 Å². The van der Waals surface area contributed by atoms with E-state index in [0.717, 1.165) is 30.6 Å². The summed E-state index contributed by atoms with van der Waals surface area (Å²) in [7, 11) is 0. The van der Waals surface area contributed by atoms with Gasteiger partial charge in [-0.15, -0.1) is 0 Å². The van der Waals surface area contributed by atoms with E-state index in [2.05, 4.69) is 0 Å². The second-order valence-electron chi connectivity index (χ2n) is 6.31. The average molecular weight is 332 g/mol. The van der Waals surface area contributed by atoms with E-state index in [1.807, 2.05) is 18.2 Å². The first-order chi connectivity index (χ1) is 11.6. The maximum absolute atomic E-state index is 11.9. The number of hydrogen-bond acceptors (Lipinski definition) is 4. The Balaban J connectivity index is 1.72. The van der Waals surface area contributed by atoms with Crippen LogP contribution >= 0.6 is 0 Å². The molecule has 1 aromatic rings. The highest BCUT2D eigenvalue weighted by atomic mass is 16.5. The van der Waals surface area contributed by atoms with Crippen molar-refractivity contribution in [3.05, 3.63) is 23.8 Å². The van der Waals surface area contributed by atoms with Crippen molar-refractivity contribution in [2.45, 2.75) is 32.8 Å². The second kappa shape index (κ2) is 7.21. The van der Waals surface area contributed by atoms with Crippen molar-refractivity contribution in [3.8, 4) is 5.75 Å². The van der Waals surface area contributed by atoms with Crippen LogP contribution in [-0.2, 0) is 20.7 Å². The van der Waals surface area contributed by atoms with E-state index < -0.39 is 0 Å². The summed E-state index contributed by atoms with van der Waals surface area (Å²) >= 11 is 0. The molecule has 1 atom stereocenters. The van der Waals surface area contributed by atoms with Gasteiger partial charge in [0.05, 0.1) is 18.8 Å². The fourth-order valence-electron chi connectivity index (χ4n) is 3.34. The Labute approximate surface area is 142 Å². The number of hydrogen-bond donors (Lipinski definition) is 0. The molecule has 3 rings (SSSR count). The minimum Gasteiger partial charge on any atom is -0.489 e. The highest BCUT2D eigenvalue weighted by molar-refractivity contribution is 5.94. The van der Waals surface area contributed by atoms with Gasteiger partial charge in [-0.05, 0) is 24.5 Å². The molecule has 1 fully saturated rings. The van der Waals surface area contributed by atoms with Gasteiger partial charge in [0.25, 0.3) is 0 Å². The van der Waals surface area contributed by atoms with Crippen LogP contribution in [0, 0.1) is 0 Å². The maximum atomic E-state index is 11.9. The summed E-state index contributed by atoms with van der Waals surface area (Å²) in [5, 5.41) is 0. The molecule has 0 bridgehead atoms. The third kappa shape index (κ3) is 3.53. The molecular weight excluding hydrogens is 308 g/mol. The quantitative estimate of drug-likeness (QED) is 0.844. The van der Waals surface area contributed by atoms with Gasteiger partial charge < -0.3 is 19.3 Å². The van der Waals surface area contributed by atoms with Crippen molar-refractivity contribution in [3.63, 3.8) is 0 Å². The standard InChI is InChI=1S/C18H24N2O4/c1-13(21)19-9-10-23-16(11-19)12-24-17-7-3-5-15-6-4-8-20(14(2)22)18(15)17/h3,5,7,16H,4,6,8-12H2,1-2H3/t16-/m0/s1. The smallest absolute Gasteiger partial charge is 0.223 e. The summed E-state index contributed by atoms with van der Waals surface area (Å²) in [4.78, 5) is 27.0. The first-order valence-corrected chi connectivity index (χ1v) is 8.46. The fraction of sp³-hybridized carbons (Fsp3) is 0.556. The zero-order chi connectivity index (χ0) is 17.1. The fourth-order valence-corrected chi connectivity index (χ4v) is 3.34. The molecule has 0 saturated carbocycles. The van der Waals surface area contributed by atoms with Crippen LogP contribution in [0.2, 0.25) is 0 Å². The van der Waals surface area contributed by atoms with Crippen molar-refractivity contribution < 1.29 is 19.1 Å². The number of ether oxygens (including phenoxy) is 2. The molecule has 6 nitrogen and oxygen atoms in total. The molecule has 1 saturated heterocycles. The summed E-state index contributed by atoms with van der Waals surface area (Å²) in [5.41, 5.74) is 2.03. The molecule has 24 heavy (non-hydrogen) atoms. The van der Waals surface area contributed by atoms with E-state index in [9.17, 15) is 9.59 Å². The normalized spacial score (nSPS) is 20.5. The number of benzene rings is 1. The van der Waals surface area contributed by atoms with Crippen LogP contribution in [0.1, 0.15) is 25.8 Å². The Kier molecular flexibility index (Phi) is 5.04. The van der Waals surface area contributed by atoms with Crippen molar-refractivity contribution in [2.75, 3.05) is 37.7 Å². The van der Waals surface area contributed by atoms with Gasteiger partial charge in [-0.3, -0.25) is 9.59 Å². The number of nitrogens with zero attached hydrogens (tertiary/aromatic N) is 2. The Bertz CT molecular complexity index is 631. The number of carbonyl (C=O) groups excluding carboxylic acids is 2. The van der Waals surface area contributed by atoms with Crippen molar-refractivity contribution >= 4 is 17.5 Å². The summed E-state index contributed by atoms with van der Waals surface area (Å²) in [6, 6.07) is 5.90. The zero-order valence-corrected chi connectivity index (χ0v) is 14.3. The van der Waals surface area contributed by atoms with Gasteiger partial charge in [0, 0.05) is 26.9 Å². The van der Waals surface area contributed by atoms with Crippen LogP contribution < -0.4 is 9.64 Å². The average Bonchev–Trinajstić information content (AvgIpc) is 2.59. The van der Waals surface area contributed by atoms with Gasteiger partial charge >= 0.3 is 0 Å². The monoisotopic (exact) mass is 332 g/mol. The molecule has 2 aliphatic heterocycles. The molecule has 0 radical (unpaired) electrons. The zero-order valence-electron chi connectivity index (χ0n) is 14.3. The molecule has 2 amide bonds. The van der Waals surface area contributed by atoms with Crippen LogP contribution in [0.3, 0.4) is 0 Å². The molecule has 6 heteroatoms. The number of amides is 2. The number of rotatable bonds is 3. The van der Waals surface area contributed by atoms with Gasteiger partial charge in [0.15, 0.2) is 0 Å². The molecule has 0 aromatic heterocycles. The van der Waals surface area contributed by atoms with Crippen molar-refractivity contribution in [1.82, 2.24) is 4.90 Å². The lowest BCUT2D eigenvalue weighted by molar-refractivity contribution is -0.137. The summed E-state index contributed by atoms with van der Waals surface area (Å²) in [6.45, 7) is 5.95. The van der Waals surface area contributed by atoms with Crippen LogP contribution in [0.4, 0.5) is 5.69 Å². The summed E-state index contributed by atoms with van der Waals surface area (Å²) in [5.74, 6) is 0.803. The number of para-hydroxylation sites is 1. The molecule has 0 N–H and O–H groups in total. The molecular formula is C18H24N2O4. The molecule has 0 spiro atoms. The van der Waals surface area contributed by atoms with Crippen LogP contribution in [0.25, 0.3) is 0 Å². The third-order valence-corrected chi connectivity index (χ3v) is 4.57. The third-order valence-electron chi connectivity index (χ3n) is 4.57. The van der Waals surface area contributed by atoms with Gasteiger partial charge in [0.2, 0.25) is 11.8 Å². The second-order valence-corrected chi connectivity index (χ2v) is 6.31. The minimum absolute atomic E-state index is 0.0312. The van der Waals surface area contributed by atoms with Gasteiger partial charge in [-0.25, -0.2) is 0 Å². The molecule has 130 valence electrons. The van der Waals surface area contributed by atoms with E-state index >= 15 is 0 Å². The first-order valence-electron chi connectivity index (χ1n) is 8.46. The Morgan fingerprint density at radius 2 is 2.08 bits per heavy atom. The molecule has 1 aromatic carbocycles. The largest absolute Gasteiger partial charge is 0.489 e. The van der Waals surface area contributed by atoms with Crippen LogP contribution in [0.5, 0.6) is 5.75 Å². The highest BCUT2D eigenvalue weighted by Gasteiger charge is 2.26. The number of carbonyl (C=O) groups is 2. The minimum atomic E-state index is -0.145. The Morgan fingerprint density at radius 1 is 1.25 bits per heavy atom. The molecule has 2 heterocycles. The summed E-state index contributed by atoms with van der Waals surface area (Å²) in [6.07, 6.45) is 1.77. The number of anilines is 1. The van der Waals surface area contributed by atoms with Gasteiger partial charge in [0.1, 0.15) is 18.5 Å². The molecule has 0 aliphatic carbocycles. The van der Waals surface area contributed by atoms with Gasteiger partial charge in [-0.1, -0.05) is 12.1 Å². The number of fused-ring (bicyclic) bond motifs is 1. The first kappa shape index (κ1) is 16.8. The van der Waals surface area contributed by atoms with Crippen molar-refractivity contribution in [2.24, 2.45) is 0 Å². The van der Waals surface area contributed by atoms with E-state index in [1.165, 1.54) is 0 Å². The highest BCUT2D eigenvalue weighted by Crippen LogP contribution is 2.36. The lowest BCUT2D eigenvalue weighted by Crippen LogP contribution is -2.46. The molecule has 2 aliphatic rings. The molecule has 0 unspecified atom stereocenters. The lowest BCUT2D eigenvalue weighted by atomic mass is 10.0. The Morgan fingerprint density at radius 3 is 2.83 bits per heavy atom. The number of aryl methyl sites for hydroxylation is 1. The predicted molar refractivity (Wildman–Crippen MR) is 90.3 cm³/mol. The van der Waals surface area contributed by atoms with Gasteiger partial charge in [-0.2, -0.15) is 0 Å².